The highest BCUT2D eigenvalue weighted by Gasteiger charge is 2.17. The number of para-hydroxylation sites is 2. The Morgan fingerprint density at radius 2 is 1.96 bits per heavy atom. The lowest BCUT2D eigenvalue weighted by atomic mass is 10.1. The number of nitrogens with zero attached hydrogens (tertiary/aromatic N) is 3. The van der Waals surface area contributed by atoms with Crippen molar-refractivity contribution in [2.45, 2.75) is 12.8 Å². The van der Waals surface area contributed by atoms with E-state index in [0.29, 0.717) is 17.8 Å². The number of aryl methyl sites for hydroxylation is 2. The van der Waals surface area contributed by atoms with Crippen LogP contribution in [0.15, 0.2) is 54.3 Å². The van der Waals surface area contributed by atoms with Gasteiger partial charge in [-0.2, -0.15) is 5.26 Å². The molecule has 0 radical (unpaired) electrons. The summed E-state index contributed by atoms with van der Waals surface area (Å²) in [6.45, 7) is -0.422. The van der Waals surface area contributed by atoms with Crippen LogP contribution < -0.4 is 0 Å². The van der Waals surface area contributed by atoms with Gasteiger partial charge >= 0.3 is 5.97 Å². The van der Waals surface area contributed by atoms with Crippen LogP contribution in [0.5, 0.6) is 0 Å². The molecule has 0 saturated carbocycles. The Morgan fingerprint density at radius 1 is 1.25 bits per heavy atom. The summed E-state index contributed by atoms with van der Waals surface area (Å²) in [5.41, 5.74) is 2.26. The molecule has 1 aromatic heterocycles. The summed E-state index contributed by atoms with van der Waals surface area (Å²) in [4.78, 5) is 16.3. The van der Waals surface area contributed by atoms with E-state index in [0.717, 1.165) is 11.1 Å². The van der Waals surface area contributed by atoms with Gasteiger partial charge in [0.25, 0.3) is 0 Å². The number of aromatic nitrogens is 2. The zero-order valence-electron chi connectivity index (χ0n) is 15.2. The lowest BCUT2D eigenvalue weighted by molar-refractivity contribution is -0.143. The summed E-state index contributed by atoms with van der Waals surface area (Å²) in [6.07, 6.45) is 0.465. The van der Waals surface area contributed by atoms with Crippen LogP contribution in [0.1, 0.15) is 17.8 Å². The molecule has 0 aliphatic carbocycles. The Labute approximate surface area is 161 Å². The SMILES string of the molecule is Cn1c(/C(C#N)=C(\O)COC(=O)CCc2ccc(F)cc2)nc2ccccc21. The molecule has 0 aliphatic heterocycles. The van der Waals surface area contributed by atoms with Crippen molar-refractivity contribution < 1.29 is 19.0 Å². The largest absolute Gasteiger partial charge is 0.507 e. The van der Waals surface area contributed by atoms with Crippen molar-refractivity contribution in [1.82, 2.24) is 9.55 Å². The molecule has 6 nitrogen and oxygen atoms in total. The first-order chi connectivity index (χ1) is 13.5. The number of hydrogen-bond donors (Lipinski definition) is 1. The van der Waals surface area contributed by atoms with Crippen LogP contribution in [0.3, 0.4) is 0 Å². The number of nitriles is 1. The van der Waals surface area contributed by atoms with Crippen molar-refractivity contribution in [3.63, 3.8) is 0 Å². The second-order valence-corrected chi connectivity index (χ2v) is 6.20. The summed E-state index contributed by atoms with van der Waals surface area (Å²) < 4.78 is 19.6. The Hall–Kier alpha value is -3.66. The molecule has 142 valence electrons. The average molecular weight is 379 g/mol. The summed E-state index contributed by atoms with van der Waals surface area (Å²) in [7, 11) is 1.74. The molecule has 28 heavy (non-hydrogen) atoms. The fourth-order valence-corrected chi connectivity index (χ4v) is 2.80. The number of aliphatic hydroxyl groups excluding tert-OH is 1. The summed E-state index contributed by atoms with van der Waals surface area (Å²) in [5, 5.41) is 19.7. The van der Waals surface area contributed by atoms with E-state index in [4.69, 9.17) is 4.74 Å². The van der Waals surface area contributed by atoms with Gasteiger partial charge in [-0.1, -0.05) is 24.3 Å². The minimum Gasteiger partial charge on any atom is -0.507 e. The number of benzene rings is 2. The molecule has 2 aromatic carbocycles. The third-order valence-corrected chi connectivity index (χ3v) is 4.31. The summed E-state index contributed by atoms with van der Waals surface area (Å²) in [6, 6.07) is 15.1. The number of esters is 1. The number of halogens is 1. The molecule has 7 heteroatoms. The van der Waals surface area contributed by atoms with Crippen LogP contribution in [-0.4, -0.2) is 27.2 Å². The van der Waals surface area contributed by atoms with Crippen LogP contribution in [-0.2, 0) is 23.0 Å². The predicted octanol–water partition coefficient (Wildman–Crippen LogP) is 3.68. The topological polar surface area (TPSA) is 88.1 Å². The zero-order chi connectivity index (χ0) is 20.1. The van der Waals surface area contributed by atoms with Crippen molar-refractivity contribution in [2.75, 3.05) is 6.61 Å². The van der Waals surface area contributed by atoms with Crippen LogP contribution >= 0.6 is 0 Å². The van der Waals surface area contributed by atoms with Gasteiger partial charge in [-0.3, -0.25) is 4.79 Å². The summed E-state index contributed by atoms with van der Waals surface area (Å²) >= 11 is 0. The third kappa shape index (κ3) is 4.18. The zero-order valence-corrected chi connectivity index (χ0v) is 15.2. The fraction of sp³-hybridized carbons (Fsp3) is 0.190. The van der Waals surface area contributed by atoms with Gasteiger partial charge in [0.15, 0.2) is 11.6 Å². The van der Waals surface area contributed by atoms with Crippen LogP contribution in [0, 0.1) is 17.1 Å². The maximum atomic E-state index is 12.9. The molecule has 1 heterocycles. The van der Waals surface area contributed by atoms with E-state index in [1.807, 2.05) is 24.3 Å². The molecule has 0 unspecified atom stereocenters. The molecule has 0 aliphatic rings. The molecule has 0 atom stereocenters. The fourth-order valence-electron chi connectivity index (χ4n) is 2.80. The smallest absolute Gasteiger partial charge is 0.306 e. The van der Waals surface area contributed by atoms with Gasteiger partial charge in [0, 0.05) is 13.5 Å². The van der Waals surface area contributed by atoms with Gasteiger partial charge in [-0.05, 0) is 36.2 Å². The van der Waals surface area contributed by atoms with Gasteiger partial charge < -0.3 is 14.4 Å². The lowest BCUT2D eigenvalue weighted by Crippen LogP contribution is -2.10. The minimum atomic E-state index is -0.529. The molecule has 0 saturated heterocycles. The highest BCUT2D eigenvalue weighted by atomic mass is 19.1. The minimum absolute atomic E-state index is 0.0509. The van der Waals surface area contributed by atoms with E-state index >= 15 is 0 Å². The van der Waals surface area contributed by atoms with Crippen molar-refractivity contribution in [3.05, 3.63) is 71.5 Å². The third-order valence-electron chi connectivity index (χ3n) is 4.31. The van der Waals surface area contributed by atoms with Crippen LogP contribution in [0.2, 0.25) is 0 Å². The van der Waals surface area contributed by atoms with E-state index in [1.54, 1.807) is 29.8 Å². The second kappa shape index (κ2) is 8.35. The van der Waals surface area contributed by atoms with E-state index in [-0.39, 0.29) is 23.6 Å². The molecule has 0 spiro atoms. The molecule has 0 fully saturated rings. The van der Waals surface area contributed by atoms with Gasteiger partial charge in [0.1, 0.15) is 24.1 Å². The van der Waals surface area contributed by atoms with Crippen molar-refractivity contribution >= 4 is 22.6 Å². The molecular formula is C21H18FN3O3. The van der Waals surface area contributed by atoms with E-state index in [9.17, 15) is 19.6 Å². The number of carbonyl (C=O) groups excluding carboxylic acids is 1. The number of allylic oxidation sites excluding steroid dienone is 1. The quantitative estimate of drug-likeness (QED) is 0.401. The number of ether oxygens (including phenoxy) is 1. The predicted molar refractivity (Wildman–Crippen MR) is 102 cm³/mol. The molecule has 0 amide bonds. The average Bonchev–Trinajstić information content (AvgIpc) is 3.03. The van der Waals surface area contributed by atoms with Gasteiger partial charge in [-0.15, -0.1) is 0 Å². The highest BCUT2D eigenvalue weighted by molar-refractivity contribution is 5.83. The molecule has 3 rings (SSSR count). The Morgan fingerprint density at radius 3 is 2.64 bits per heavy atom. The molecule has 1 N–H and O–H groups in total. The van der Waals surface area contributed by atoms with Crippen LogP contribution in [0.25, 0.3) is 16.6 Å². The van der Waals surface area contributed by atoms with Crippen molar-refractivity contribution in [1.29, 1.82) is 5.26 Å². The van der Waals surface area contributed by atoms with Crippen LogP contribution in [0.4, 0.5) is 4.39 Å². The van der Waals surface area contributed by atoms with Gasteiger partial charge in [0.2, 0.25) is 0 Å². The Balaban J connectivity index is 1.67. The molecule has 0 bridgehead atoms. The van der Waals surface area contributed by atoms with Gasteiger partial charge in [0.05, 0.1) is 11.0 Å². The first-order valence-electron chi connectivity index (χ1n) is 8.63. The van der Waals surface area contributed by atoms with Crippen molar-refractivity contribution in [2.24, 2.45) is 7.05 Å². The maximum Gasteiger partial charge on any atom is 0.306 e. The van der Waals surface area contributed by atoms with E-state index in [2.05, 4.69) is 4.98 Å². The first-order valence-corrected chi connectivity index (χ1v) is 8.63. The Kier molecular flexibility index (Phi) is 5.70. The Bertz CT molecular complexity index is 1080. The summed E-state index contributed by atoms with van der Waals surface area (Å²) in [5.74, 6) is -0.940. The number of hydrogen-bond acceptors (Lipinski definition) is 5. The standard InChI is InChI=1S/C21H18FN3O3/c1-25-18-5-3-2-4-17(18)24-21(25)16(12-23)19(26)13-28-20(27)11-8-14-6-9-15(22)10-7-14/h2-7,9-10,26H,8,11,13H2,1H3/b19-16-. The number of carbonyl (C=O) groups is 1. The first kappa shape index (κ1) is 19.1. The normalized spacial score (nSPS) is 11.8. The van der Waals surface area contributed by atoms with E-state index < -0.39 is 12.6 Å². The number of fused-ring (bicyclic) bond motifs is 1. The lowest BCUT2D eigenvalue weighted by Gasteiger charge is -2.07. The highest BCUT2D eigenvalue weighted by Crippen LogP contribution is 2.22. The van der Waals surface area contributed by atoms with Gasteiger partial charge in [-0.25, -0.2) is 9.37 Å². The number of imidazole rings is 1. The molecule has 3 aromatic rings. The number of rotatable bonds is 6. The maximum absolute atomic E-state index is 12.9. The number of aliphatic hydroxyl groups is 1. The monoisotopic (exact) mass is 379 g/mol. The van der Waals surface area contributed by atoms with E-state index in [1.165, 1.54) is 12.1 Å². The molecular weight excluding hydrogens is 361 g/mol. The van der Waals surface area contributed by atoms with Crippen molar-refractivity contribution in [3.8, 4) is 6.07 Å². The second-order valence-electron chi connectivity index (χ2n) is 6.20.